The predicted molar refractivity (Wildman–Crippen MR) is 74.7 cm³/mol. The van der Waals surface area contributed by atoms with Gasteiger partial charge in [-0.1, -0.05) is 38.3 Å². The van der Waals surface area contributed by atoms with Crippen LogP contribution in [0.1, 0.15) is 57.4 Å². The van der Waals surface area contributed by atoms with Gasteiger partial charge in [-0.25, -0.2) is 0 Å². The van der Waals surface area contributed by atoms with Crippen LogP contribution in [0.25, 0.3) is 0 Å². The number of nitrogens with one attached hydrogen (secondary N) is 1. The van der Waals surface area contributed by atoms with Crippen molar-refractivity contribution in [2.24, 2.45) is 5.92 Å². The van der Waals surface area contributed by atoms with Gasteiger partial charge in [0, 0.05) is 12.6 Å². The Morgan fingerprint density at radius 2 is 2.21 bits per heavy atom. The Hall–Kier alpha value is -0.870. The summed E-state index contributed by atoms with van der Waals surface area (Å²) in [6, 6.07) is 1.99. The monoisotopic (exact) mass is 266 g/mol. The maximum Gasteiger partial charge on any atom is 0.162 e. The third kappa shape index (κ3) is 4.32. The molecular weight excluding hydrogens is 240 g/mol. The average molecular weight is 266 g/mol. The molecule has 1 aromatic rings. The van der Waals surface area contributed by atoms with Gasteiger partial charge in [-0.3, -0.25) is 0 Å². The van der Waals surface area contributed by atoms with Crippen molar-refractivity contribution in [3.63, 3.8) is 0 Å². The van der Waals surface area contributed by atoms with E-state index in [2.05, 4.69) is 24.3 Å². The number of nitrogens with zero attached hydrogens (tertiary/aromatic N) is 1. The molecule has 1 aliphatic rings. The Labute approximate surface area is 115 Å². The highest BCUT2D eigenvalue weighted by molar-refractivity contribution is 5.04. The molecule has 1 saturated carbocycles. The third-order valence-corrected chi connectivity index (χ3v) is 3.97. The van der Waals surface area contributed by atoms with E-state index in [4.69, 9.17) is 9.26 Å². The van der Waals surface area contributed by atoms with E-state index in [0.29, 0.717) is 12.7 Å². The second kappa shape index (κ2) is 7.65. The van der Waals surface area contributed by atoms with E-state index < -0.39 is 0 Å². The zero-order valence-electron chi connectivity index (χ0n) is 12.2. The smallest absolute Gasteiger partial charge is 0.162 e. The van der Waals surface area contributed by atoms with E-state index in [1.54, 1.807) is 0 Å². The van der Waals surface area contributed by atoms with Crippen molar-refractivity contribution >= 4 is 0 Å². The molecule has 19 heavy (non-hydrogen) atoms. The van der Waals surface area contributed by atoms with Gasteiger partial charge in [-0.15, -0.1) is 0 Å². The van der Waals surface area contributed by atoms with Crippen LogP contribution in [-0.4, -0.2) is 17.8 Å². The third-order valence-electron chi connectivity index (χ3n) is 3.97. The molecule has 0 aliphatic heterocycles. The molecule has 0 spiro atoms. The van der Waals surface area contributed by atoms with Crippen LogP contribution in [0.4, 0.5) is 0 Å². The van der Waals surface area contributed by atoms with Gasteiger partial charge in [-0.05, 0) is 25.3 Å². The summed E-state index contributed by atoms with van der Waals surface area (Å²) in [5.41, 5.74) is 0.955. The summed E-state index contributed by atoms with van der Waals surface area (Å²) in [5.74, 6) is 1.56. The Kier molecular flexibility index (Phi) is 5.86. The van der Waals surface area contributed by atoms with Gasteiger partial charge in [0.1, 0.15) is 6.61 Å². The lowest BCUT2D eigenvalue weighted by Gasteiger charge is -2.30. The fourth-order valence-corrected chi connectivity index (χ4v) is 2.81. The molecule has 0 radical (unpaired) electrons. The van der Waals surface area contributed by atoms with Gasteiger partial charge in [-0.2, -0.15) is 0 Å². The normalized spacial score (nSPS) is 23.7. The van der Waals surface area contributed by atoms with E-state index in [1.807, 2.05) is 6.07 Å². The summed E-state index contributed by atoms with van der Waals surface area (Å²) < 4.78 is 11.3. The molecule has 1 aromatic heterocycles. The zero-order chi connectivity index (χ0) is 13.5. The van der Waals surface area contributed by atoms with Crippen molar-refractivity contribution in [1.82, 2.24) is 10.5 Å². The standard InChI is InChI=1S/C15H26N2O2/c1-3-12-7-5-6-8-15(12)18-11-14-9-13(17-19-14)10-16-4-2/h9,12,15-16H,3-8,10-11H2,1-2H3. The zero-order valence-corrected chi connectivity index (χ0v) is 12.2. The summed E-state index contributed by atoms with van der Waals surface area (Å²) in [7, 11) is 0. The fraction of sp³-hybridized carbons (Fsp3) is 0.800. The molecule has 1 fully saturated rings. The molecule has 0 aromatic carbocycles. The molecular formula is C15H26N2O2. The molecule has 1 aliphatic carbocycles. The molecule has 0 saturated heterocycles. The topological polar surface area (TPSA) is 47.3 Å². The second-order valence-corrected chi connectivity index (χ2v) is 5.37. The molecule has 0 amide bonds. The first-order valence-electron chi connectivity index (χ1n) is 7.60. The van der Waals surface area contributed by atoms with Crippen molar-refractivity contribution in [3.8, 4) is 0 Å². The highest BCUT2D eigenvalue weighted by Crippen LogP contribution is 2.29. The number of hydrogen-bond acceptors (Lipinski definition) is 4. The fourth-order valence-electron chi connectivity index (χ4n) is 2.81. The first-order chi connectivity index (χ1) is 9.33. The average Bonchev–Trinajstić information content (AvgIpc) is 2.91. The molecule has 1 heterocycles. The van der Waals surface area contributed by atoms with Crippen LogP contribution < -0.4 is 5.32 Å². The molecule has 2 rings (SSSR count). The van der Waals surface area contributed by atoms with E-state index in [0.717, 1.165) is 30.5 Å². The first-order valence-corrected chi connectivity index (χ1v) is 7.60. The predicted octanol–water partition coefficient (Wildman–Crippen LogP) is 3.27. The minimum atomic E-state index is 0.404. The van der Waals surface area contributed by atoms with Gasteiger partial charge in [0.15, 0.2) is 5.76 Å². The SMILES string of the molecule is CCNCc1cc(COC2CCCCC2CC)on1. The number of ether oxygens (including phenoxy) is 1. The number of rotatable bonds is 7. The Balaban J connectivity index is 1.79. The van der Waals surface area contributed by atoms with E-state index in [1.165, 1.54) is 32.1 Å². The Morgan fingerprint density at radius 1 is 1.37 bits per heavy atom. The van der Waals surface area contributed by atoms with Crippen molar-refractivity contribution in [1.29, 1.82) is 0 Å². The lowest BCUT2D eigenvalue weighted by Crippen LogP contribution is -2.27. The van der Waals surface area contributed by atoms with Gasteiger partial charge in [0.25, 0.3) is 0 Å². The van der Waals surface area contributed by atoms with Crippen LogP contribution in [0.15, 0.2) is 10.6 Å². The molecule has 4 nitrogen and oxygen atoms in total. The number of aromatic nitrogens is 1. The molecule has 0 bridgehead atoms. The van der Waals surface area contributed by atoms with Gasteiger partial charge in [0.05, 0.1) is 11.8 Å². The van der Waals surface area contributed by atoms with Crippen LogP contribution in [0.5, 0.6) is 0 Å². The summed E-state index contributed by atoms with van der Waals surface area (Å²) >= 11 is 0. The van der Waals surface area contributed by atoms with Gasteiger partial charge < -0.3 is 14.6 Å². The lowest BCUT2D eigenvalue weighted by atomic mass is 9.85. The summed E-state index contributed by atoms with van der Waals surface area (Å²) in [6.07, 6.45) is 6.77. The van der Waals surface area contributed by atoms with Crippen molar-refractivity contribution in [2.45, 2.75) is 65.2 Å². The van der Waals surface area contributed by atoms with Crippen LogP contribution in [0, 0.1) is 5.92 Å². The van der Waals surface area contributed by atoms with Crippen LogP contribution in [-0.2, 0) is 17.9 Å². The van der Waals surface area contributed by atoms with E-state index in [9.17, 15) is 0 Å². The maximum atomic E-state index is 6.04. The largest absolute Gasteiger partial charge is 0.370 e. The molecule has 2 unspecified atom stereocenters. The molecule has 2 atom stereocenters. The second-order valence-electron chi connectivity index (χ2n) is 5.37. The van der Waals surface area contributed by atoms with Crippen LogP contribution in [0.3, 0.4) is 0 Å². The molecule has 1 N–H and O–H groups in total. The minimum Gasteiger partial charge on any atom is -0.370 e. The van der Waals surface area contributed by atoms with Crippen molar-refractivity contribution in [3.05, 3.63) is 17.5 Å². The van der Waals surface area contributed by atoms with E-state index in [-0.39, 0.29) is 0 Å². The lowest BCUT2D eigenvalue weighted by molar-refractivity contribution is -0.0298. The molecule has 108 valence electrons. The van der Waals surface area contributed by atoms with E-state index >= 15 is 0 Å². The van der Waals surface area contributed by atoms with Crippen LogP contribution >= 0.6 is 0 Å². The molecule has 4 heteroatoms. The first kappa shape index (κ1) is 14.5. The van der Waals surface area contributed by atoms with Gasteiger partial charge in [0.2, 0.25) is 0 Å². The van der Waals surface area contributed by atoms with Crippen molar-refractivity contribution < 1.29 is 9.26 Å². The Bertz CT molecular complexity index is 365. The summed E-state index contributed by atoms with van der Waals surface area (Å²) in [6.45, 7) is 6.60. The van der Waals surface area contributed by atoms with Crippen molar-refractivity contribution in [2.75, 3.05) is 6.54 Å². The summed E-state index contributed by atoms with van der Waals surface area (Å²) in [4.78, 5) is 0. The quantitative estimate of drug-likeness (QED) is 0.823. The minimum absolute atomic E-state index is 0.404. The summed E-state index contributed by atoms with van der Waals surface area (Å²) in [5, 5.41) is 7.28. The van der Waals surface area contributed by atoms with Crippen LogP contribution in [0.2, 0.25) is 0 Å². The highest BCUT2D eigenvalue weighted by Gasteiger charge is 2.24. The number of hydrogen-bond donors (Lipinski definition) is 1. The Morgan fingerprint density at radius 3 is 3.00 bits per heavy atom. The van der Waals surface area contributed by atoms with Gasteiger partial charge >= 0.3 is 0 Å². The maximum absolute atomic E-state index is 6.04. The highest BCUT2D eigenvalue weighted by atomic mass is 16.5.